The average molecular weight is 398 g/mol. The predicted molar refractivity (Wildman–Crippen MR) is 97.0 cm³/mol. The number of hydrogen-bond donors (Lipinski definition) is 0. The molecule has 0 unspecified atom stereocenters. The molecule has 9 nitrogen and oxygen atoms in total. The summed E-state index contributed by atoms with van der Waals surface area (Å²) in [6, 6.07) is 4.85. The Morgan fingerprint density at radius 1 is 1.33 bits per heavy atom. The van der Waals surface area contributed by atoms with Gasteiger partial charge in [-0.1, -0.05) is 26.0 Å². The van der Waals surface area contributed by atoms with Gasteiger partial charge in [-0.05, 0) is 18.4 Å². The first-order chi connectivity index (χ1) is 12.6. The first-order valence-corrected chi connectivity index (χ1v) is 10.3. The highest BCUT2D eigenvalue weighted by molar-refractivity contribution is 7.91. The number of nitro benzene ring substituents is 1. The third-order valence-electron chi connectivity index (χ3n) is 4.18. The summed E-state index contributed by atoms with van der Waals surface area (Å²) in [5.41, 5.74) is -0.648. The van der Waals surface area contributed by atoms with Crippen molar-refractivity contribution in [3.63, 3.8) is 0 Å². The van der Waals surface area contributed by atoms with Crippen LogP contribution in [-0.4, -0.2) is 60.8 Å². The third kappa shape index (κ3) is 5.49. The fourth-order valence-corrected chi connectivity index (χ4v) is 4.69. The minimum atomic E-state index is -3.18. The zero-order chi connectivity index (χ0) is 20.2. The van der Waals surface area contributed by atoms with E-state index in [1.54, 1.807) is 0 Å². The quantitative estimate of drug-likeness (QED) is 0.386. The molecular formula is C17H22N2O7S. The van der Waals surface area contributed by atoms with Gasteiger partial charge >= 0.3 is 5.97 Å². The van der Waals surface area contributed by atoms with Crippen molar-refractivity contribution in [1.82, 2.24) is 4.90 Å². The molecule has 1 heterocycles. The Labute approximate surface area is 157 Å². The van der Waals surface area contributed by atoms with E-state index in [1.807, 2.05) is 13.8 Å². The highest BCUT2D eigenvalue weighted by atomic mass is 32.2. The molecule has 1 amide bonds. The number of carbonyl (C=O) groups is 2. The standard InChI is InChI=1S/C17H22N2O7S/c1-12(2)9-18(13-7-8-27(24,25)11-13)16(20)10-26-17(21)14-5-3-4-6-15(14)19(22)23/h3-6,12-13H,7-11H2,1-2H3/t13-/m1/s1. The molecule has 2 rings (SSSR count). The first kappa shape index (κ1) is 20.8. The van der Waals surface area contributed by atoms with Crippen LogP contribution >= 0.6 is 0 Å². The van der Waals surface area contributed by atoms with E-state index in [-0.39, 0.29) is 23.0 Å². The number of nitro groups is 1. The van der Waals surface area contributed by atoms with E-state index in [2.05, 4.69) is 0 Å². The number of nitrogens with zero attached hydrogens (tertiary/aromatic N) is 2. The Balaban J connectivity index is 2.07. The van der Waals surface area contributed by atoms with Crippen LogP contribution in [0, 0.1) is 16.0 Å². The molecule has 148 valence electrons. The van der Waals surface area contributed by atoms with E-state index in [0.717, 1.165) is 0 Å². The Bertz CT molecular complexity index is 835. The molecule has 27 heavy (non-hydrogen) atoms. The fraction of sp³-hybridized carbons (Fsp3) is 0.529. The van der Waals surface area contributed by atoms with Crippen molar-refractivity contribution in [3.05, 3.63) is 39.9 Å². The zero-order valence-electron chi connectivity index (χ0n) is 15.2. The summed E-state index contributed by atoms with van der Waals surface area (Å²) >= 11 is 0. The molecule has 1 saturated heterocycles. The van der Waals surface area contributed by atoms with Crippen LogP contribution in [-0.2, 0) is 19.4 Å². The van der Waals surface area contributed by atoms with Crippen LogP contribution in [0.2, 0.25) is 0 Å². The molecule has 1 fully saturated rings. The normalized spacial score (nSPS) is 18.3. The van der Waals surface area contributed by atoms with Crippen LogP contribution in [0.3, 0.4) is 0 Å². The molecular weight excluding hydrogens is 376 g/mol. The van der Waals surface area contributed by atoms with Crippen molar-refractivity contribution in [2.24, 2.45) is 5.92 Å². The summed E-state index contributed by atoms with van der Waals surface area (Å²) in [6.45, 7) is 3.52. The second-order valence-corrected chi connectivity index (χ2v) is 9.08. The van der Waals surface area contributed by atoms with Crippen LogP contribution in [0.5, 0.6) is 0 Å². The van der Waals surface area contributed by atoms with Crippen molar-refractivity contribution in [2.45, 2.75) is 26.3 Å². The van der Waals surface area contributed by atoms with Crippen LogP contribution in [0.1, 0.15) is 30.6 Å². The van der Waals surface area contributed by atoms with Gasteiger partial charge in [-0.2, -0.15) is 0 Å². The smallest absolute Gasteiger partial charge is 0.345 e. The molecule has 1 aromatic rings. The number of para-hydroxylation sites is 1. The minimum absolute atomic E-state index is 0.0234. The average Bonchev–Trinajstić information content (AvgIpc) is 2.96. The molecule has 1 aromatic carbocycles. The van der Waals surface area contributed by atoms with Gasteiger partial charge in [0.2, 0.25) is 0 Å². The number of benzene rings is 1. The van der Waals surface area contributed by atoms with Crippen molar-refractivity contribution < 1.29 is 27.7 Å². The second-order valence-electron chi connectivity index (χ2n) is 6.85. The molecule has 0 bridgehead atoms. The van der Waals surface area contributed by atoms with Crippen LogP contribution in [0.15, 0.2) is 24.3 Å². The Kier molecular flexibility index (Phi) is 6.53. The maximum absolute atomic E-state index is 12.6. The SMILES string of the molecule is CC(C)CN(C(=O)COC(=O)c1ccccc1[N+](=O)[O-])[C@@H]1CCS(=O)(=O)C1. The molecule has 1 atom stereocenters. The summed E-state index contributed by atoms with van der Waals surface area (Å²) in [4.78, 5) is 36.4. The van der Waals surface area contributed by atoms with Crippen LogP contribution in [0.4, 0.5) is 5.69 Å². The predicted octanol–water partition coefficient (Wildman–Crippen LogP) is 1.42. The van der Waals surface area contributed by atoms with Gasteiger partial charge in [0.15, 0.2) is 16.4 Å². The van der Waals surface area contributed by atoms with E-state index in [4.69, 9.17) is 4.74 Å². The van der Waals surface area contributed by atoms with Gasteiger partial charge in [-0.15, -0.1) is 0 Å². The second kappa shape index (κ2) is 8.47. The van der Waals surface area contributed by atoms with Gasteiger partial charge < -0.3 is 9.64 Å². The molecule has 0 aromatic heterocycles. The number of esters is 1. The highest BCUT2D eigenvalue weighted by Crippen LogP contribution is 2.21. The van der Waals surface area contributed by atoms with Crippen molar-refractivity contribution >= 4 is 27.4 Å². The Morgan fingerprint density at radius 2 is 2.00 bits per heavy atom. The summed E-state index contributed by atoms with van der Waals surface area (Å²) in [6.07, 6.45) is 0.346. The summed E-state index contributed by atoms with van der Waals surface area (Å²) in [5, 5.41) is 11.0. The molecule has 0 N–H and O–H groups in total. The van der Waals surface area contributed by atoms with E-state index < -0.39 is 45.0 Å². The number of sulfone groups is 1. The highest BCUT2D eigenvalue weighted by Gasteiger charge is 2.35. The third-order valence-corrected chi connectivity index (χ3v) is 5.93. The van der Waals surface area contributed by atoms with E-state index >= 15 is 0 Å². The van der Waals surface area contributed by atoms with Gasteiger partial charge in [0.05, 0.1) is 16.4 Å². The van der Waals surface area contributed by atoms with E-state index in [0.29, 0.717) is 13.0 Å². The number of amides is 1. The van der Waals surface area contributed by atoms with Gasteiger partial charge in [-0.25, -0.2) is 13.2 Å². The zero-order valence-corrected chi connectivity index (χ0v) is 16.0. The number of carbonyl (C=O) groups excluding carboxylic acids is 2. The molecule has 10 heteroatoms. The largest absolute Gasteiger partial charge is 0.452 e. The van der Waals surface area contributed by atoms with Gasteiger partial charge in [0.25, 0.3) is 11.6 Å². The lowest BCUT2D eigenvalue weighted by atomic mass is 10.1. The molecule has 0 radical (unpaired) electrons. The molecule has 0 saturated carbocycles. The fourth-order valence-electron chi connectivity index (χ4n) is 2.96. The Hall–Kier alpha value is -2.49. The number of hydrogen-bond acceptors (Lipinski definition) is 7. The van der Waals surface area contributed by atoms with Crippen LogP contribution < -0.4 is 0 Å². The summed E-state index contributed by atoms with van der Waals surface area (Å²) in [7, 11) is -3.18. The molecule has 0 aliphatic carbocycles. The van der Waals surface area contributed by atoms with Crippen molar-refractivity contribution in [3.8, 4) is 0 Å². The van der Waals surface area contributed by atoms with E-state index in [1.165, 1.54) is 29.2 Å². The topological polar surface area (TPSA) is 124 Å². The molecule has 1 aliphatic rings. The minimum Gasteiger partial charge on any atom is -0.452 e. The first-order valence-electron chi connectivity index (χ1n) is 8.51. The Morgan fingerprint density at radius 3 is 2.56 bits per heavy atom. The maximum atomic E-state index is 12.6. The lowest BCUT2D eigenvalue weighted by molar-refractivity contribution is -0.385. The van der Waals surface area contributed by atoms with Crippen LogP contribution in [0.25, 0.3) is 0 Å². The monoisotopic (exact) mass is 398 g/mol. The number of ether oxygens (including phenoxy) is 1. The lowest BCUT2D eigenvalue weighted by Crippen LogP contribution is -2.45. The van der Waals surface area contributed by atoms with Crippen molar-refractivity contribution in [2.75, 3.05) is 24.7 Å². The lowest BCUT2D eigenvalue weighted by Gasteiger charge is -2.29. The molecule has 0 spiro atoms. The maximum Gasteiger partial charge on any atom is 0.345 e. The summed E-state index contributed by atoms with van der Waals surface area (Å²) < 4.78 is 28.4. The number of rotatable bonds is 7. The van der Waals surface area contributed by atoms with Crippen molar-refractivity contribution in [1.29, 1.82) is 0 Å². The van der Waals surface area contributed by atoms with Gasteiger partial charge in [0, 0.05) is 18.7 Å². The summed E-state index contributed by atoms with van der Waals surface area (Å²) in [5.74, 6) is -1.47. The molecule has 1 aliphatic heterocycles. The van der Waals surface area contributed by atoms with Gasteiger partial charge in [0.1, 0.15) is 5.56 Å². The van der Waals surface area contributed by atoms with E-state index in [9.17, 15) is 28.1 Å². The van der Waals surface area contributed by atoms with Gasteiger partial charge in [-0.3, -0.25) is 14.9 Å².